The molecule has 2 N–H and O–H groups in total. The van der Waals surface area contributed by atoms with E-state index in [-0.39, 0.29) is 11.3 Å². The van der Waals surface area contributed by atoms with Gasteiger partial charge in [-0.3, -0.25) is 4.79 Å². The molecule has 1 amide bonds. The number of esters is 1. The molecule has 9 heteroatoms. The third kappa shape index (κ3) is 3.73. The number of ether oxygens (including phenoxy) is 1. The fourth-order valence-electron chi connectivity index (χ4n) is 1.65. The second-order valence-corrected chi connectivity index (χ2v) is 4.53. The monoisotopic (exact) mass is 323 g/mol. The highest BCUT2D eigenvalue weighted by Gasteiger charge is 2.61. The van der Waals surface area contributed by atoms with Crippen LogP contribution in [0.1, 0.15) is 12.0 Å². The minimum atomic E-state index is -5.39. The highest BCUT2D eigenvalue weighted by Crippen LogP contribution is 2.34. The molecule has 5 nitrogen and oxygen atoms in total. The van der Waals surface area contributed by atoms with Crippen LogP contribution in [0.5, 0.6) is 0 Å². The van der Waals surface area contributed by atoms with E-state index < -0.39 is 35.9 Å². The average Bonchev–Trinajstić information content (AvgIpc) is 2.39. The molecular weight excluding hydrogens is 310 g/mol. The van der Waals surface area contributed by atoms with Crippen LogP contribution in [0.15, 0.2) is 18.2 Å². The van der Waals surface area contributed by atoms with Gasteiger partial charge >= 0.3 is 12.1 Å². The van der Waals surface area contributed by atoms with Crippen molar-refractivity contribution in [2.75, 3.05) is 12.4 Å². The molecular formula is C13H13F4NO4. The summed E-state index contributed by atoms with van der Waals surface area (Å²) in [6, 6.07) is 3.21. The van der Waals surface area contributed by atoms with Crippen LogP contribution in [0.25, 0.3) is 0 Å². The second kappa shape index (κ2) is 6.30. The van der Waals surface area contributed by atoms with E-state index in [1.165, 1.54) is 6.92 Å². The number of aliphatic hydroxyl groups is 1. The van der Waals surface area contributed by atoms with E-state index in [1.807, 2.05) is 0 Å². The van der Waals surface area contributed by atoms with E-state index in [2.05, 4.69) is 10.1 Å². The van der Waals surface area contributed by atoms with Crippen LogP contribution in [0.4, 0.5) is 23.2 Å². The minimum absolute atomic E-state index is 0.0563. The average molecular weight is 323 g/mol. The van der Waals surface area contributed by atoms with Crippen molar-refractivity contribution in [2.45, 2.75) is 25.1 Å². The van der Waals surface area contributed by atoms with E-state index in [0.29, 0.717) is 7.11 Å². The van der Waals surface area contributed by atoms with E-state index in [1.54, 1.807) is 0 Å². The maximum atomic E-state index is 12.9. The third-order valence-electron chi connectivity index (χ3n) is 2.87. The molecule has 1 aromatic rings. The van der Waals surface area contributed by atoms with Crippen molar-refractivity contribution in [3.63, 3.8) is 0 Å². The minimum Gasteiger partial charge on any atom is -0.467 e. The van der Waals surface area contributed by atoms with E-state index in [0.717, 1.165) is 18.2 Å². The van der Waals surface area contributed by atoms with Crippen molar-refractivity contribution in [1.82, 2.24) is 0 Å². The number of halogens is 4. The molecule has 0 unspecified atom stereocenters. The van der Waals surface area contributed by atoms with E-state index in [4.69, 9.17) is 0 Å². The summed E-state index contributed by atoms with van der Waals surface area (Å²) < 4.78 is 55.2. The standard InChI is InChI=1S/C13H13F4NO4/c1-7-5-8(14)3-4-9(7)18-10(19)6-12(21,11(20)22-2)13(15,16)17/h3-5,21H,6H2,1-2H3,(H,18,19)/t12-/m0/s1. The van der Waals surface area contributed by atoms with Crippen molar-refractivity contribution in [1.29, 1.82) is 0 Å². The summed E-state index contributed by atoms with van der Waals surface area (Å²) in [5.74, 6) is -3.86. The number of alkyl halides is 3. The zero-order valence-corrected chi connectivity index (χ0v) is 11.6. The van der Waals surface area contributed by atoms with Crippen molar-refractivity contribution in [2.24, 2.45) is 0 Å². The van der Waals surface area contributed by atoms with E-state index >= 15 is 0 Å². The number of hydrogen-bond acceptors (Lipinski definition) is 4. The molecule has 0 aliphatic carbocycles. The summed E-state index contributed by atoms with van der Waals surface area (Å²) >= 11 is 0. The Morgan fingerprint density at radius 2 is 1.91 bits per heavy atom. The molecule has 0 spiro atoms. The number of rotatable bonds is 4. The van der Waals surface area contributed by atoms with Crippen LogP contribution in [0, 0.1) is 12.7 Å². The Morgan fingerprint density at radius 3 is 2.36 bits per heavy atom. The van der Waals surface area contributed by atoms with Crippen molar-refractivity contribution < 1.29 is 37.0 Å². The number of carbonyl (C=O) groups excluding carboxylic acids is 2. The first-order valence-corrected chi connectivity index (χ1v) is 5.95. The number of anilines is 1. The first-order chi connectivity index (χ1) is 10.0. The third-order valence-corrected chi connectivity index (χ3v) is 2.87. The first kappa shape index (κ1) is 17.9. The lowest BCUT2D eigenvalue weighted by Crippen LogP contribution is -2.54. The number of methoxy groups -OCH3 is 1. The highest BCUT2D eigenvalue weighted by molar-refractivity contribution is 5.96. The summed E-state index contributed by atoms with van der Waals surface area (Å²) in [6.07, 6.45) is -6.98. The smallest absolute Gasteiger partial charge is 0.428 e. The van der Waals surface area contributed by atoms with Crippen molar-refractivity contribution >= 4 is 17.6 Å². The van der Waals surface area contributed by atoms with Gasteiger partial charge in [-0.15, -0.1) is 0 Å². The topological polar surface area (TPSA) is 75.6 Å². The molecule has 1 rings (SSSR count). The molecule has 0 aromatic heterocycles. The Labute approximate surface area is 122 Å². The molecule has 0 aliphatic rings. The Kier molecular flexibility index (Phi) is 5.13. The van der Waals surface area contributed by atoms with Gasteiger partial charge in [-0.05, 0) is 30.7 Å². The van der Waals surface area contributed by atoms with Crippen LogP contribution in [-0.2, 0) is 14.3 Å². The number of hydrogen-bond donors (Lipinski definition) is 2. The number of carbonyl (C=O) groups is 2. The molecule has 122 valence electrons. The number of nitrogens with one attached hydrogen (secondary N) is 1. The molecule has 1 atom stereocenters. The molecule has 0 radical (unpaired) electrons. The van der Waals surface area contributed by atoms with Gasteiger partial charge in [-0.2, -0.15) is 13.2 Å². The van der Waals surface area contributed by atoms with Crippen LogP contribution in [0.3, 0.4) is 0 Å². The molecule has 0 aliphatic heterocycles. The fourth-order valence-corrected chi connectivity index (χ4v) is 1.65. The lowest BCUT2D eigenvalue weighted by molar-refractivity contribution is -0.261. The number of benzene rings is 1. The number of amides is 1. The van der Waals surface area contributed by atoms with Gasteiger partial charge in [-0.25, -0.2) is 9.18 Å². The Hall–Kier alpha value is -2.16. The lowest BCUT2D eigenvalue weighted by atomic mass is 9.98. The van der Waals surface area contributed by atoms with Gasteiger partial charge in [0.1, 0.15) is 5.82 Å². The molecule has 0 saturated carbocycles. The predicted octanol–water partition coefficient (Wildman–Crippen LogP) is 1.93. The zero-order valence-electron chi connectivity index (χ0n) is 11.6. The molecule has 0 saturated heterocycles. The summed E-state index contributed by atoms with van der Waals surface area (Å²) in [7, 11) is 0.654. The Morgan fingerprint density at radius 1 is 1.32 bits per heavy atom. The van der Waals surface area contributed by atoms with Gasteiger partial charge in [0.25, 0.3) is 5.60 Å². The first-order valence-electron chi connectivity index (χ1n) is 5.95. The van der Waals surface area contributed by atoms with Crippen LogP contribution < -0.4 is 5.32 Å². The van der Waals surface area contributed by atoms with Crippen LogP contribution in [0.2, 0.25) is 0 Å². The van der Waals surface area contributed by atoms with Crippen LogP contribution >= 0.6 is 0 Å². The summed E-state index contributed by atoms with van der Waals surface area (Å²) in [5.41, 5.74) is -3.64. The summed E-state index contributed by atoms with van der Waals surface area (Å²) in [5, 5.41) is 11.5. The predicted molar refractivity (Wildman–Crippen MR) is 67.4 cm³/mol. The van der Waals surface area contributed by atoms with Gasteiger partial charge < -0.3 is 15.2 Å². The Bertz CT molecular complexity index is 588. The van der Waals surface area contributed by atoms with Gasteiger partial charge in [0, 0.05) is 5.69 Å². The molecule has 0 heterocycles. The highest BCUT2D eigenvalue weighted by atomic mass is 19.4. The Balaban J connectivity index is 2.95. The SMILES string of the molecule is COC(=O)[C@@](O)(CC(=O)Nc1ccc(F)cc1C)C(F)(F)F. The van der Waals surface area contributed by atoms with Crippen molar-refractivity contribution in [3.05, 3.63) is 29.6 Å². The van der Waals surface area contributed by atoms with Crippen molar-refractivity contribution in [3.8, 4) is 0 Å². The quantitative estimate of drug-likeness (QED) is 0.656. The van der Waals surface area contributed by atoms with Gasteiger partial charge in [-0.1, -0.05) is 0 Å². The second-order valence-electron chi connectivity index (χ2n) is 4.53. The fraction of sp³-hybridized carbons (Fsp3) is 0.385. The van der Waals surface area contributed by atoms with Gasteiger partial charge in [0.05, 0.1) is 13.5 Å². The van der Waals surface area contributed by atoms with Gasteiger partial charge in [0.2, 0.25) is 5.91 Å². The molecule has 0 bridgehead atoms. The molecule has 0 fully saturated rings. The summed E-state index contributed by atoms with van der Waals surface area (Å²) in [4.78, 5) is 22.8. The summed E-state index contributed by atoms with van der Waals surface area (Å²) in [6.45, 7) is 1.43. The largest absolute Gasteiger partial charge is 0.467 e. The number of aryl methyl sites for hydroxylation is 1. The van der Waals surface area contributed by atoms with E-state index in [9.17, 15) is 32.3 Å². The zero-order chi connectivity index (χ0) is 17.1. The normalized spacial score (nSPS) is 14.1. The molecule has 1 aromatic carbocycles. The maximum absolute atomic E-state index is 12.9. The van der Waals surface area contributed by atoms with Gasteiger partial charge in [0.15, 0.2) is 0 Å². The molecule has 22 heavy (non-hydrogen) atoms. The van der Waals surface area contributed by atoms with Crippen LogP contribution in [-0.4, -0.2) is 35.9 Å². The maximum Gasteiger partial charge on any atom is 0.428 e. The lowest BCUT2D eigenvalue weighted by Gasteiger charge is -2.27.